The van der Waals surface area contributed by atoms with Crippen molar-refractivity contribution < 1.29 is 33.2 Å². The van der Waals surface area contributed by atoms with E-state index in [0.717, 1.165) is 0 Å². The van der Waals surface area contributed by atoms with E-state index >= 15 is 0 Å². The number of hydrogen-bond donors (Lipinski definition) is 0. The van der Waals surface area contributed by atoms with Crippen molar-refractivity contribution in [2.75, 3.05) is 20.5 Å². The molecule has 0 fully saturated rings. The lowest BCUT2D eigenvalue weighted by molar-refractivity contribution is -0.152. The molecule has 9 nitrogen and oxygen atoms in total. The lowest BCUT2D eigenvalue weighted by Crippen LogP contribution is -2.29. The smallest absolute Gasteiger partial charge is 0.314 e. The number of methoxy groups -OCH3 is 1. The highest BCUT2D eigenvalue weighted by molar-refractivity contribution is 5.91. The number of aromatic nitrogens is 2. The van der Waals surface area contributed by atoms with Gasteiger partial charge in [0.05, 0.1) is 25.6 Å². The molecule has 0 saturated heterocycles. The van der Waals surface area contributed by atoms with E-state index in [4.69, 9.17) is 23.6 Å². The molecule has 150 valence electrons. The molecule has 0 aliphatic carbocycles. The van der Waals surface area contributed by atoms with Crippen LogP contribution in [0.4, 0.5) is 0 Å². The van der Waals surface area contributed by atoms with Crippen LogP contribution in [0.5, 0.6) is 11.5 Å². The molecule has 0 saturated carbocycles. The summed E-state index contributed by atoms with van der Waals surface area (Å²) < 4.78 is 25.8. The largest absolute Gasteiger partial charge is 0.469 e. The molecule has 0 amide bonds. The standard InChI is InChI=1S/C20H18N2O7/c1-3-26-20(24)18(11-4-6-13-14(8-11)22-29-21-13)17(19(23)25-2)12-5-7-15-16(9-12)28-10-27-15/h4-9,17-18H,3,10H2,1-2H3. The van der Waals surface area contributed by atoms with E-state index in [2.05, 4.69) is 10.3 Å². The van der Waals surface area contributed by atoms with Crippen LogP contribution in [-0.4, -0.2) is 42.8 Å². The van der Waals surface area contributed by atoms with Crippen LogP contribution in [0.25, 0.3) is 11.0 Å². The Hall–Kier alpha value is -3.62. The molecule has 9 heteroatoms. The minimum atomic E-state index is -0.969. The molecule has 2 aromatic carbocycles. The first-order valence-electron chi connectivity index (χ1n) is 8.98. The van der Waals surface area contributed by atoms with Crippen molar-refractivity contribution in [3.63, 3.8) is 0 Å². The van der Waals surface area contributed by atoms with Crippen molar-refractivity contribution >= 4 is 23.0 Å². The Morgan fingerprint density at radius 3 is 2.45 bits per heavy atom. The van der Waals surface area contributed by atoms with Crippen molar-refractivity contribution in [2.24, 2.45) is 0 Å². The van der Waals surface area contributed by atoms with Gasteiger partial charge >= 0.3 is 11.9 Å². The van der Waals surface area contributed by atoms with Crippen molar-refractivity contribution in [1.29, 1.82) is 0 Å². The van der Waals surface area contributed by atoms with Crippen LogP contribution >= 0.6 is 0 Å². The number of hydrogen-bond acceptors (Lipinski definition) is 9. The molecule has 1 aromatic heterocycles. The molecule has 1 aliphatic rings. The first kappa shape index (κ1) is 18.7. The van der Waals surface area contributed by atoms with E-state index in [0.29, 0.717) is 33.7 Å². The molecule has 0 radical (unpaired) electrons. The summed E-state index contributed by atoms with van der Waals surface area (Å²) in [7, 11) is 1.27. The van der Waals surface area contributed by atoms with Gasteiger partial charge in [0.25, 0.3) is 0 Å². The Kier molecular flexibility index (Phi) is 5.03. The van der Waals surface area contributed by atoms with Gasteiger partial charge in [-0.05, 0) is 52.6 Å². The van der Waals surface area contributed by atoms with Crippen LogP contribution in [0, 0.1) is 0 Å². The molecule has 1 aliphatic heterocycles. The molecule has 29 heavy (non-hydrogen) atoms. The van der Waals surface area contributed by atoms with Crippen LogP contribution in [-0.2, 0) is 19.1 Å². The third-order valence-electron chi connectivity index (χ3n) is 4.72. The quantitative estimate of drug-likeness (QED) is 0.578. The second-order valence-corrected chi connectivity index (χ2v) is 6.36. The Labute approximate surface area is 165 Å². The average Bonchev–Trinajstić information content (AvgIpc) is 3.39. The average molecular weight is 398 g/mol. The number of rotatable bonds is 6. The van der Waals surface area contributed by atoms with Gasteiger partial charge in [0.1, 0.15) is 11.0 Å². The number of carbonyl (C=O) groups excluding carboxylic acids is 2. The zero-order valence-electron chi connectivity index (χ0n) is 15.8. The first-order valence-corrected chi connectivity index (χ1v) is 8.98. The van der Waals surface area contributed by atoms with E-state index in [-0.39, 0.29) is 13.4 Å². The van der Waals surface area contributed by atoms with Gasteiger partial charge in [0, 0.05) is 0 Å². The fraction of sp³-hybridized carbons (Fsp3) is 0.300. The van der Waals surface area contributed by atoms with Gasteiger partial charge in [-0.25, -0.2) is 4.63 Å². The predicted octanol–water partition coefficient (Wildman–Crippen LogP) is 2.56. The Morgan fingerprint density at radius 2 is 1.66 bits per heavy atom. The lowest BCUT2D eigenvalue weighted by Gasteiger charge is -2.24. The fourth-order valence-corrected chi connectivity index (χ4v) is 3.39. The summed E-state index contributed by atoms with van der Waals surface area (Å²) in [4.78, 5) is 25.7. The summed E-state index contributed by atoms with van der Waals surface area (Å²) in [6.45, 7) is 1.96. The highest BCUT2D eigenvalue weighted by Crippen LogP contribution is 2.41. The van der Waals surface area contributed by atoms with Crippen LogP contribution in [0.3, 0.4) is 0 Å². The molecule has 0 bridgehead atoms. The molecule has 2 heterocycles. The number of carbonyl (C=O) groups is 2. The van der Waals surface area contributed by atoms with Crippen LogP contribution in [0.1, 0.15) is 29.9 Å². The highest BCUT2D eigenvalue weighted by Gasteiger charge is 2.39. The summed E-state index contributed by atoms with van der Waals surface area (Å²) in [6, 6.07) is 10.1. The van der Waals surface area contributed by atoms with E-state index < -0.39 is 23.8 Å². The van der Waals surface area contributed by atoms with Crippen molar-refractivity contribution in [2.45, 2.75) is 18.8 Å². The van der Waals surface area contributed by atoms with Crippen LogP contribution < -0.4 is 9.47 Å². The third kappa shape index (κ3) is 3.46. The molecule has 4 rings (SSSR count). The molecule has 0 spiro atoms. The maximum atomic E-state index is 12.9. The van der Waals surface area contributed by atoms with Gasteiger partial charge in [0.2, 0.25) is 6.79 Å². The summed E-state index contributed by atoms with van der Waals surface area (Å²) in [5, 5.41) is 7.59. The van der Waals surface area contributed by atoms with E-state index in [9.17, 15) is 9.59 Å². The minimum absolute atomic E-state index is 0.0960. The fourth-order valence-electron chi connectivity index (χ4n) is 3.39. The topological polar surface area (TPSA) is 110 Å². The van der Waals surface area contributed by atoms with Crippen molar-refractivity contribution in [1.82, 2.24) is 10.3 Å². The van der Waals surface area contributed by atoms with Crippen molar-refractivity contribution in [3.8, 4) is 11.5 Å². The third-order valence-corrected chi connectivity index (χ3v) is 4.72. The zero-order valence-corrected chi connectivity index (χ0v) is 15.8. The molecule has 2 unspecified atom stereocenters. The minimum Gasteiger partial charge on any atom is -0.469 e. The van der Waals surface area contributed by atoms with Gasteiger partial charge in [-0.1, -0.05) is 12.1 Å². The van der Waals surface area contributed by atoms with Crippen molar-refractivity contribution in [3.05, 3.63) is 47.5 Å². The maximum absolute atomic E-state index is 12.9. The highest BCUT2D eigenvalue weighted by atomic mass is 16.7. The van der Waals surface area contributed by atoms with Gasteiger partial charge < -0.3 is 18.9 Å². The number of ether oxygens (including phenoxy) is 4. The number of fused-ring (bicyclic) bond motifs is 2. The summed E-state index contributed by atoms with van der Waals surface area (Å²) >= 11 is 0. The second-order valence-electron chi connectivity index (χ2n) is 6.36. The van der Waals surface area contributed by atoms with Gasteiger partial charge in [0.15, 0.2) is 11.5 Å². The Bertz CT molecular complexity index is 1060. The summed E-state index contributed by atoms with van der Waals surface area (Å²) in [5.74, 6) is -2.01. The Balaban J connectivity index is 1.84. The lowest BCUT2D eigenvalue weighted by atomic mass is 9.81. The van der Waals surface area contributed by atoms with Gasteiger partial charge in [-0.3, -0.25) is 9.59 Å². The SMILES string of the molecule is CCOC(=O)C(c1ccc2nonc2c1)C(C(=O)OC)c1ccc2c(c1)OCO2. The normalized spacial score (nSPS) is 14.4. The van der Waals surface area contributed by atoms with Crippen LogP contribution in [0.2, 0.25) is 0 Å². The monoisotopic (exact) mass is 398 g/mol. The molecule has 2 atom stereocenters. The van der Waals surface area contributed by atoms with E-state index in [1.54, 1.807) is 43.3 Å². The predicted molar refractivity (Wildman–Crippen MR) is 98.5 cm³/mol. The maximum Gasteiger partial charge on any atom is 0.314 e. The number of benzene rings is 2. The van der Waals surface area contributed by atoms with E-state index in [1.807, 2.05) is 0 Å². The molecule has 0 N–H and O–H groups in total. The van der Waals surface area contributed by atoms with Gasteiger partial charge in [-0.2, -0.15) is 0 Å². The summed E-state index contributed by atoms with van der Waals surface area (Å²) in [5.41, 5.74) is 2.07. The van der Waals surface area contributed by atoms with Gasteiger partial charge in [-0.15, -0.1) is 0 Å². The summed E-state index contributed by atoms with van der Waals surface area (Å²) in [6.07, 6.45) is 0. The molecular weight excluding hydrogens is 380 g/mol. The number of esters is 2. The molecule has 3 aromatic rings. The first-order chi connectivity index (χ1) is 14.1. The van der Waals surface area contributed by atoms with Crippen LogP contribution in [0.15, 0.2) is 41.0 Å². The Morgan fingerprint density at radius 1 is 0.966 bits per heavy atom. The zero-order chi connectivity index (χ0) is 20.4. The molecular formula is C20H18N2O7. The number of nitrogens with zero attached hydrogens (tertiary/aromatic N) is 2. The second kappa shape index (κ2) is 7.78. The van der Waals surface area contributed by atoms with E-state index in [1.165, 1.54) is 7.11 Å².